The number of primary sulfonamides is 1. The molecule has 1 unspecified atom stereocenters. The number of ether oxygens (including phenoxy) is 1. The van der Waals surface area contributed by atoms with Gasteiger partial charge in [-0.2, -0.15) is 0 Å². The number of nitrogens with two attached hydrogens (primary N) is 1. The number of sulfonamides is 1. The fraction of sp³-hybridized carbons (Fsp3) is 0.235. The van der Waals surface area contributed by atoms with Gasteiger partial charge in [-0.3, -0.25) is 9.98 Å². The molecular weight excluding hydrogens is 392 g/mol. The third-order valence-corrected chi connectivity index (χ3v) is 5.40. The lowest BCUT2D eigenvalue weighted by atomic mass is 10.0. The van der Waals surface area contributed by atoms with Crippen LogP contribution in [0.1, 0.15) is 5.56 Å². The van der Waals surface area contributed by atoms with Crippen molar-refractivity contribution in [3.63, 3.8) is 0 Å². The number of fused-ring (bicyclic) bond motifs is 2. The van der Waals surface area contributed by atoms with Gasteiger partial charge in [-0.15, -0.1) is 0 Å². The summed E-state index contributed by atoms with van der Waals surface area (Å²) in [5, 5.41) is 4.96. The van der Waals surface area contributed by atoms with Gasteiger partial charge in [0.05, 0.1) is 30.5 Å². The molecule has 0 fully saturated rings. The molecule has 1 aromatic carbocycles. The van der Waals surface area contributed by atoms with Crippen molar-refractivity contribution in [2.45, 2.75) is 17.6 Å². The minimum Gasteiger partial charge on any atom is -0.481 e. The maximum atomic E-state index is 14.5. The van der Waals surface area contributed by atoms with Crippen LogP contribution in [0.25, 0.3) is 0 Å². The quantitative estimate of drug-likeness (QED) is 0.809. The third kappa shape index (κ3) is 3.12. The zero-order valence-electron chi connectivity index (χ0n) is 14.6. The highest BCUT2D eigenvalue weighted by molar-refractivity contribution is 7.89. The number of hydrogen-bond donors (Lipinski definition) is 1. The van der Waals surface area contributed by atoms with Crippen LogP contribution in [0.15, 0.2) is 55.0 Å². The van der Waals surface area contributed by atoms with Gasteiger partial charge < -0.3 is 9.64 Å². The predicted molar refractivity (Wildman–Crippen MR) is 98.5 cm³/mol. The lowest BCUT2D eigenvalue weighted by molar-refractivity contribution is 0.362. The van der Waals surface area contributed by atoms with E-state index in [0.29, 0.717) is 41.5 Å². The van der Waals surface area contributed by atoms with Gasteiger partial charge in [0, 0.05) is 30.0 Å². The number of allylic oxidation sites excluding steroid dienone is 1. The molecule has 0 saturated carbocycles. The van der Waals surface area contributed by atoms with E-state index in [0.717, 1.165) is 0 Å². The Morgan fingerprint density at radius 2 is 2.04 bits per heavy atom. The van der Waals surface area contributed by atoms with E-state index in [4.69, 9.17) is 9.88 Å². The van der Waals surface area contributed by atoms with Crippen molar-refractivity contribution in [1.82, 2.24) is 4.90 Å². The van der Waals surface area contributed by atoms with Gasteiger partial charge in [0.25, 0.3) is 0 Å². The molecule has 3 aliphatic rings. The SMILES string of the molecule is COC1=NC2N=CC3=C(C2=C1)N(Cc1c(F)cc(S(N)(=O)=O)cc1F)CC=N3. The number of benzene rings is 1. The second kappa shape index (κ2) is 6.60. The van der Waals surface area contributed by atoms with E-state index in [1.807, 2.05) is 0 Å². The Bertz CT molecular complexity index is 1100. The fourth-order valence-corrected chi connectivity index (χ4v) is 3.73. The maximum absolute atomic E-state index is 14.5. The van der Waals surface area contributed by atoms with E-state index in [1.54, 1.807) is 23.4 Å². The van der Waals surface area contributed by atoms with E-state index in [1.165, 1.54) is 7.11 Å². The molecule has 0 saturated heterocycles. The van der Waals surface area contributed by atoms with Crippen LogP contribution in [0, 0.1) is 11.6 Å². The Labute approximate surface area is 159 Å². The highest BCUT2D eigenvalue weighted by Gasteiger charge is 2.33. The standard InChI is InChI=1S/C17H15F2N5O3S/c1-27-15-6-10-16-14(7-22-17(10)23-15)21-2-3-24(16)8-11-12(18)4-9(5-13(11)19)28(20,25)26/h2,4-7,17H,3,8H2,1H3,(H2,20,25,26). The smallest absolute Gasteiger partial charge is 0.238 e. The van der Waals surface area contributed by atoms with E-state index in [9.17, 15) is 17.2 Å². The second-order valence-corrected chi connectivity index (χ2v) is 7.82. The van der Waals surface area contributed by atoms with Crippen LogP contribution in [-0.2, 0) is 21.3 Å². The van der Waals surface area contributed by atoms with E-state index >= 15 is 0 Å². The summed E-state index contributed by atoms with van der Waals surface area (Å²) in [5.41, 5.74) is 1.63. The summed E-state index contributed by atoms with van der Waals surface area (Å²) in [5.74, 6) is -1.59. The Kier molecular flexibility index (Phi) is 4.35. The summed E-state index contributed by atoms with van der Waals surface area (Å²) < 4.78 is 56.9. The summed E-state index contributed by atoms with van der Waals surface area (Å²) in [6.07, 6.45) is 4.37. The Morgan fingerprint density at radius 1 is 1.32 bits per heavy atom. The van der Waals surface area contributed by atoms with Gasteiger partial charge >= 0.3 is 0 Å². The first-order valence-corrected chi connectivity index (χ1v) is 9.72. The molecule has 3 aliphatic heterocycles. The van der Waals surface area contributed by atoms with Crippen molar-refractivity contribution in [3.8, 4) is 0 Å². The van der Waals surface area contributed by atoms with Gasteiger partial charge in [-0.1, -0.05) is 0 Å². The van der Waals surface area contributed by atoms with Crippen molar-refractivity contribution >= 4 is 28.4 Å². The van der Waals surface area contributed by atoms with Crippen LogP contribution in [0.3, 0.4) is 0 Å². The molecule has 0 aromatic heterocycles. The molecule has 1 atom stereocenters. The number of dihydropyridines is 1. The van der Waals surface area contributed by atoms with Gasteiger partial charge in [0.15, 0.2) is 6.17 Å². The molecular formula is C17H15F2N5O3S. The minimum absolute atomic E-state index is 0.145. The molecule has 28 heavy (non-hydrogen) atoms. The largest absolute Gasteiger partial charge is 0.481 e. The predicted octanol–water partition coefficient (Wildman–Crippen LogP) is 1.11. The molecule has 0 spiro atoms. The molecule has 3 heterocycles. The van der Waals surface area contributed by atoms with Gasteiger partial charge in [0.2, 0.25) is 15.9 Å². The zero-order valence-corrected chi connectivity index (χ0v) is 15.4. The molecule has 0 aliphatic carbocycles. The molecule has 0 bridgehead atoms. The van der Waals surface area contributed by atoms with Gasteiger partial charge in [-0.05, 0) is 12.1 Å². The molecule has 2 N–H and O–H groups in total. The normalized spacial score (nSPS) is 20.7. The summed E-state index contributed by atoms with van der Waals surface area (Å²) in [4.78, 5) is 14.0. The molecule has 0 amide bonds. The molecule has 146 valence electrons. The highest BCUT2D eigenvalue weighted by Crippen LogP contribution is 2.34. The van der Waals surface area contributed by atoms with E-state index in [-0.39, 0.29) is 12.1 Å². The van der Waals surface area contributed by atoms with Crippen LogP contribution < -0.4 is 5.14 Å². The van der Waals surface area contributed by atoms with Crippen molar-refractivity contribution < 1.29 is 21.9 Å². The minimum atomic E-state index is -4.22. The number of aliphatic imine (C=N–C) groups is 3. The number of rotatable bonds is 3. The highest BCUT2D eigenvalue weighted by atomic mass is 32.2. The summed E-state index contributed by atoms with van der Waals surface area (Å²) in [7, 11) is -2.73. The Hall–Kier alpha value is -2.92. The van der Waals surface area contributed by atoms with E-state index in [2.05, 4.69) is 15.0 Å². The van der Waals surface area contributed by atoms with Crippen molar-refractivity contribution in [2.75, 3.05) is 13.7 Å². The fourth-order valence-electron chi connectivity index (χ4n) is 3.20. The topological polar surface area (TPSA) is 110 Å². The van der Waals surface area contributed by atoms with Crippen LogP contribution in [-0.4, -0.2) is 51.5 Å². The Morgan fingerprint density at radius 3 is 2.68 bits per heavy atom. The van der Waals surface area contributed by atoms with E-state index < -0.39 is 32.7 Å². The third-order valence-electron chi connectivity index (χ3n) is 4.51. The number of hydrogen-bond acceptors (Lipinski definition) is 7. The molecule has 11 heteroatoms. The van der Waals surface area contributed by atoms with Crippen LogP contribution >= 0.6 is 0 Å². The second-order valence-electron chi connectivity index (χ2n) is 6.26. The zero-order chi connectivity index (χ0) is 20.1. The summed E-state index contributed by atoms with van der Waals surface area (Å²) in [6.45, 7) is 0.155. The number of halogens is 2. The average Bonchev–Trinajstić information content (AvgIpc) is 3.07. The molecule has 1 aromatic rings. The maximum Gasteiger partial charge on any atom is 0.238 e. The first-order valence-electron chi connectivity index (χ1n) is 8.17. The Balaban J connectivity index is 1.71. The van der Waals surface area contributed by atoms with Crippen molar-refractivity contribution in [1.29, 1.82) is 0 Å². The molecule has 8 nitrogen and oxygen atoms in total. The summed E-state index contributed by atoms with van der Waals surface area (Å²) in [6, 6.07) is 1.43. The van der Waals surface area contributed by atoms with Crippen molar-refractivity contribution in [2.24, 2.45) is 20.1 Å². The van der Waals surface area contributed by atoms with Gasteiger partial charge in [0.1, 0.15) is 17.3 Å². The van der Waals surface area contributed by atoms with Crippen LogP contribution in [0.4, 0.5) is 8.78 Å². The number of nitrogens with zero attached hydrogens (tertiary/aromatic N) is 4. The average molecular weight is 407 g/mol. The lowest BCUT2D eigenvalue weighted by Gasteiger charge is -2.33. The molecule has 4 rings (SSSR count). The number of methoxy groups -OCH3 is 1. The first-order chi connectivity index (χ1) is 13.3. The monoisotopic (exact) mass is 407 g/mol. The first kappa shape index (κ1) is 18.4. The summed E-state index contributed by atoms with van der Waals surface area (Å²) >= 11 is 0. The lowest BCUT2D eigenvalue weighted by Crippen LogP contribution is -2.33. The van der Waals surface area contributed by atoms with Crippen molar-refractivity contribution in [3.05, 3.63) is 52.4 Å². The van der Waals surface area contributed by atoms with Gasteiger partial charge in [-0.25, -0.2) is 27.3 Å². The van der Waals surface area contributed by atoms with Crippen LogP contribution in [0.2, 0.25) is 0 Å². The molecule has 0 radical (unpaired) electrons. The van der Waals surface area contributed by atoms with Crippen LogP contribution in [0.5, 0.6) is 0 Å².